The Morgan fingerprint density at radius 1 is 2.00 bits per heavy atom. The monoisotopic (exact) mass is 131 g/mol. The van der Waals surface area contributed by atoms with E-state index in [9.17, 15) is 10.1 Å². The van der Waals surface area contributed by atoms with Gasteiger partial charge >= 0.3 is 5.84 Å². The molecule has 1 aliphatic heterocycles. The maximum atomic E-state index is 9.84. The molecular weight excluding hydrogens is 128 g/mol. The first kappa shape index (κ1) is 5.55. The summed E-state index contributed by atoms with van der Waals surface area (Å²) >= 11 is 1.34. The molecule has 0 saturated carbocycles. The molecule has 43 valence electrons. The number of amidine groups is 1. The third-order valence-corrected chi connectivity index (χ3v) is 1.38. The summed E-state index contributed by atoms with van der Waals surface area (Å²) in [6, 6.07) is 0. The van der Waals surface area contributed by atoms with Crippen molar-refractivity contribution in [1.29, 1.82) is 0 Å². The summed E-state index contributed by atoms with van der Waals surface area (Å²) in [5.41, 5.74) is 0. The summed E-state index contributed by atoms with van der Waals surface area (Å²) in [5.74, 6) is 1.94. The van der Waals surface area contributed by atoms with Gasteiger partial charge in [0.25, 0.3) is 0 Å². The molecule has 0 amide bonds. The first-order valence-electron chi connectivity index (χ1n) is 1.95. The summed E-state index contributed by atoms with van der Waals surface area (Å²) in [6.45, 7) is 0. The van der Waals surface area contributed by atoms with Crippen molar-refractivity contribution < 1.29 is 4.92 Å². The van der Waals surface area contributed by atoms with Crippen LogP contribution in [0, 0.1) is 16.0 Å². The van der Waals surface area contributed by atoms with Crippen LogP contribution >= 0.6 is 11.8 Å². The number of hydrogen-bond donors (Lipinski definition) is 0. The molecule has 1 heterocycles. The highest BCUT2D eigenvalue weighted by atomic mass is 32.2. The van der Waals surface area contributed by atoms with E-state index in [4.69, 9.17) is 0 Å². The van der Waals surface area contributed by atoms with Crippen LogP contribution in [0.3, 0.4) is 0 Å². The highest BCUT2D eigenvalue weighted by Gasteiger charge is 2.18. The molecule has 0 aliphatic carbocycles. The van der Waals surface area contributed by atoms with Crippen LogP contribution in [0.2, 0.25) is 0 Å². The number of nitro groups is 1. The normalized spacial score (nSPS) is 18.2. The Morgan fingerprint density at radius 3 is 3.00 bits per heavy atom. The quantitative estimate of drug-likeness (QED) is 0.356. The highest BCUT2D eigenvalue weighted by molar-refractivity contribution is 8.02. The van der Waals surface area contributed by atoms with Gasteiger partial charge in [-0.1, -0.05) is 16.8 Å². The molecular formula is C3H3N2O2S. The zero-order valence-electron chi connectivity index (χ0n) is 3.90. The van der Waals surface area contributed by atoms with Crippen LogP contribution in [-0.4, -0.2) is 16.5 Å². The van der Waals surface area contributed by atoms with Gasteiger partial charge in [-0.3, -0.25) is 0 Å². The van der Waals surface area contributed by atoms with Gasteiger partial charge in [0.1, 0.15) is 5.75 Å². The summed E-state index contributed by atoms with van der Waals surface area (Å²) in [5, 5.41) is 9.84. The van der Waals surface area contributed by atoms with E-state index in [0.29, 0.717) is 5.75 Å². The average molecular weight is 131 g/mol. The van der Waals surface area contributed by atoms with Crippen molar-refractivity contribution in [1.82, 2.24) is 0 Å². The first-order valence-corrected chi connectivity index (χ1v) is 3.00. The van der Waals surface area contributed by atoms with Crippen LogP contribution in [0.25, 0.3) is 0 Å². The fourth-order valence-corrected chi connectivity index (χ4v) is 0.947. The number of rotatable bonds is 0. The van der Waals surface area contributed by atoms with E-state index in [1.165, 1.54) is 17.6 Å². The molecule has 0 N–H and O–H groups in total. The van der Waals surface area contributed by atoms with E-state index in [1.54, 1.807) is 0 Å². The van der Waals surface area contributed by atoms with Gasteiger partial charge in [-0.25, -0.2) is 0 Å². The second-order valence-corrected chi connectivity index (χ2v) is 2.05. The van der Waals surface area contributed by atoms with Crippen LogP contribution in [0.5, 0.6) is 0 Å². The third-order valence-electron chi connectivity index (χ3n) is 0.699. The van der Waals surface area contributed by atoms with Crippen molar-refractivity contribution in [2.45, 2.75) is 0 Å². The molecule has 0 spiro atoms. The molecule has 0 bridgehead atoms. The first-order chi connectivity index (χ1) is 3.80. The number of thioether (sulfide) groups is 1. The predicted molar refractivity (Wildman–Crippen MR) is 31.2 cm³/mol. The van der Waals surface area contributed by atoms with Crippen molar-refractivity contribution in [3.63, 3.8) is 0 Å². The topological polar surface area (TPSA) is 55.5 Å². The van der Waals surface area contributed by atoms with Gasteiger partial charge in [0.15, 0.2) is 0 Å². The lowest BCUT2D eigenvalue weighted by molar-refractivity contribution is -0.350. The lowest BCUT2D eigenvalue weighted by atomic mass is 10.7. The fraction of sp³-hybridized carbons (Fsp3) is 0.333. The Kier molecular flexibility index (Phi) is 1.48. The van der Waals surface area contributed by atoms with E-state index >= 15 is 0 Å². The van der Waals surface area contributed by atoms with Crippen LogP contribution in [-0.2, 0) is 0 Å². The zero-order valence-corrected chi connectivity index (χ0v) is 4.72. The second kappa shape index (κ2) is 2.13. The van der Waals surface area contributed by atoms with E-state index in [-0.39, 0.29) is 5.84 Å². The minimum Gasteiger partial charge on any atom is -0.358 e. The third kappa shape index (κ3) is 0.975. The van der Waals surface area contributed by atoms with E-state index < -0.39 is 4.92 Å². The molecule has 0 atom stereocenters. The van der Waals surface area contributed by atoms with Crippen molar-refractivity contribution in [3.05, 3.63) is 16.0 Å². The van der Waals surface area contributed by atoms with Crippen LogP contribution in [0.4, 0.5) is 0 Å². The molecule has 4 nitrogen and oxygen atoms in total. The minimum absolute atomic E-state index is 0.0509. The Bertz CT molecular complexity index is 144. The molecule has 8 heavy (non-hydrogen) atoms. The number of aliphatic imine (C=N–C) groups is 1. The standard InChI is InChI=1S/C3H3N2O2S/c6-5(7)3-1-8-2-4-3/h2H,1H2. The maximum absolute atomic E-state index is 9.84. The van der Waals surface area contributed by atoms with Gasteiger partial charge in [-0.2, -0.15) is 0 Å². The highest BCUT2D eigenvalue weighted by Crippen LogP contribution is 2.14. The van der Waals surface area contributed by atoms with Gasteiger partial charge in [-0.15, -0.1) is 0 Å². The predicted octanol–water partition coefficient (Wildman–Crippen LogP) is 0.528. The Morgan fingerprint density at radius 2 is 2.75 bits per heavy atom. The van der Waals surface area contributed by atoms with Crippen LogP contribution in [0.15, 0.2) is 4.99 Å². The Hall–Kier alpha value is -0.580. The fourth-order valence-electron chi connectivity index (χ4n) is 0.347. The SMILES string of the molecule is O=[N+]([O-])C1=N[CH]SC1. The molecule has 1 aliphatic rings. The van der Waals surface area contributed by atoms with Crippen molar-refractivity contribution in [3.8, 4) is 0 Å². The molecule has 1 rings (SSSR count). The van der Waals surface area contributed by atoms with Gasteiger partial charge < -0.3 is 10.1 Å². The van der Waals surface area contributed by atoms with Gasteiger partial charge in [-0.05, 0) is 4.92 Å². The van der Waals surface area contributed by atoms with Crippen molar-refractivity contribution in [2.75, 3.05) is 5.75 Å². The van der Waals surface area contributed by atoms with Crippen molar-refractivity contribution in [2.24, 2.45) is 4.99 Å². The minimum atomic E-state index is -0.462. The number of nitrogens with zero attached hydrogens (tertiary/aromatic N) is 2. The van der Waals surface area contributed by atoms with E-state index in [2.05, 4.69) is 4.99 Å². The Balaban J connectivity index is 2.57. The van der Waals surface area contributed by atoms with Gasteiger partial charge in [0.2, 0.25) is 5.88 Å². The molecule has 0 saturated heterocycles. The van der Waals surface area contributed by atoms with E-state index in [0.717, 1.165) is 0 Å². The summed E-state index contributed by atoms with van der Waals surface area (Å²) in [6.07, 6.45) is 0. The Labute approximate surface area is 50.1 Å². The molecule has 0 aromatic carbocycles. The molecule has 5 heteroatoms. The summed E-state index contributed by atoms with van der Waals surface area (Å²) in [4.78, 5) is 12.9. The lowest BCUT2D eigenvalue weighted by Crippen LogP contribution is -2.10. The molecule has 0 aromatic rings. The molecule has 1 radical (unpaired) electrons. The smallest absolute Gasteiger partial charge is 0.344 e. The zero-order chi connectivity index (χ0) is 5.98. The van der Waals surface area contributed by atoms with Crippen LogP contribution in [0.1, 0.15) is 0 Å². The van der Waals surface area contributed by atoms with Crippen LogP contribution < -0.4 is 0 Å². The van der Waals surface area contributed by atoms with Crippen molar-refractivity contribution >= 4 is 17.6 Å². The average Bonchev–Trinajstić information content (AvgIpc) is 2.12. The summed E-state index contributed by atoms with van der Waals surface area (Å²) < 4.78 is 0. The number of hydrogen-bond acceptors (Lipinski definition) is 4. The molecule has 0 fully saturated rings. The maximum Gasteiger partial charge on any atom is 0.344 e. The van der Waals surface area contributed by atoms with Gasteiger partial charge in [0.05, 0.1) is 0 Å². The molecule has 0 unspecified atom stereocenters. The largest absolute Gasteiger partial charge is 0.358 e. The van der Waals surface area contributed by atoms with Gasteiger partial charge in [0, 0.05) is 0 Å². The summed E-state index contributed by atoms with van der Waals surface area (Å²) in [7, 11) is 0. The lowest BCUT2D eigenvalue weighted by Gasteiger charge is -1.86. The second-order valence-electron chi connectivity index (χ2n) is 1.22. The molecule has 0 aromatic heterocycles. The van der Waals surface area contributed by atoms with E-state index in [1.807, 2.05) is 0 Å².